The van der Waals surface area contributed by atoms with Gasteiger partial charge >= 0.3 is 5.97 Å². The molecule has 3 rings (SSSR count). The van der Waals surface area contributed by atoms with Crippen LogP contribution in [0.5, 0.6) is 11.5 Å². The minimum Gasteiger partial charge on any atom is -0.455 e. The third kappa shape index (κ3) is 2.98. The molecule has 1 aliphatic carbocycles. The Morgan fingerprint density at radius 1 is 1.17 bits per heavy atom. The normalized spacial score (nSPS) is 18.3. The molecule has 1 fully saturated rings. The molecule has 1 aliphatic heterocycles. The first-order chi connectivity index (χ1) is 11.2. The number of hydrogen-bond donors (Lipinski definition) is 1. The molecule has 6 heteroatoms. The van der Waals surface area contributed by atoms with E-state index in [2.05, 4.69) is 5.32 Å². The van der Waals surface area contributed by atoms with Crippen LogP contribution in [0.25, 0.3) is 0 Å². The molecule has 1 aromatic carbocycles. The van der Waals surface area contributed by atoms with Crippen molar-refractivity contribution in [3.8, 4) is 11.5 Å². The first kappa shape index (κ1) is 15.6. The number of esters is 1. The van der Waals surface area contributed by atoms with Gasteiger partial charge in [-0.3, -0.25) is 9.59 Å². The minimum atomic E-state index is -0.701. The van der Waals surface area contributed by atoms with E-state index in [9.17, 15) is 9.59 Å². The molecule has 0 spiro atoms. The smallest absolute Gasteiger partial charge is 0.317 e. The molecular formula is C17H21NO5. The topological polar surface area (TPSA) is 73.9 Å². The highest BCUT2D eigenvalue weighted by atomic mass is 16.7. The van der Waals surface area contributed by atoms with Crippen LogP contribution < -0.4 is 14.8 Å². The zero-order chi connectivity index (χ0) is 16.3. The van der Waals surface area contributed by atoms with Crippen LogP contribution >= 0.6 is 0 Å². The fraction of sp³-hybridized carbons (Fsp3) is 0.529. The van der Waals surface area contributed by atoms with E-state index in [4.69, 9.17) is 14.2 Å². The summed E-state index contributed by atoms with van der Waals surface area (Å²) < 4.78 is 16.1. The van der Waals surface area contributed by atoms with Crippen LogP contribution in [0.15, 0.2) is 18.2 Å². The third-order valence-corrected chi connectivity index (χ3v) is 4.64. The van der Waals surface area contributed by atoms with Crippen molar-refractivity contribution in [3.05, 3.63) is 23.8 Å². The van der Waals surface area contributed by atoms with Crippen molar-refractivity contribution in [1.82, 2.24) is 5.32 Å². The van der Waals surface area contributed by atoms with E-state index < -0.39 is 5.41 Å². The van der Waals surface area contributed by atoms with Gasteiger partial charge in [0.2, 0.25) is 6.79 Å². The van der Waals surface area contributed by atoms with Crippen molar-refractivity contribution in [2.75, 3.05) is 20.4 Å². The quantitative estimate of drug-likeness (QED) is 0.858. The Kier molecular flexibility index (Phi) is 4.41. The third-order valence-electron chi connectivity index (χ3n) is 4.64. The molecule has 0 unspecified atom stereocenters. The summed E-state index contributed by atoms with van der Waals surface area (Å²) in [5, 5.41) is 2.46. The lowest BCUT2D eigenvalue weighted by atomic mass is 9.69. The summed E-state index contributed by atoms with van der Waals surface area (Å²) in [4.78, 5) is 24.1. The molecule has 0 radical (unpaired) electrons. The molecule has 0 saturated heterocycles. The number of carbonyl (C=O) groups excluding carboxylic acids is 2. The Labute approximate surface area is 135 Å². The van der Waals surface area contributed by atoms with E-state index in [1.807, 2.05) is 18.2 Å². The lowest BCUT2D eigenvalue weighted by Gasteiger charge is -2.35. The van der Waals surface area contributed by atoms with Gasteiger partial charge in [-0.15, -0.1) is 0 Å². The fourth-order valence-electron chi connectivity index (χ4n) is 3.30. The van der Waals surface area contributed by atoms with Crippen LogP contribution in [0.3, 0.4) is 0 Å². The number of likely N-dealkylation sites (N-methyl/N-ethyl adjacent to an activating group) is 1. The Hall–Kier alpha value is -2.24. The predicted octanol–water partition coefficient (Wildman–Crippen LogP) is 1.91. The summed E-state index contributed by atoms with van der Waals surface area (Å²) in [5.74, 6) is 0.708. The van der Waals surface area contributed by atoms with Crippen LogP contribution in [0.4, 0.5) is 0 Å². The molecular weight excluding hydrogens is 298 g/mol. The van der Waals surface area contributed by atoms with Crippen LogP contribution in [0, 0.1) is 0 Å². The zero-order valence-electron chi connectivity index (χ0n) is 13.2. The first-order valence-corrected chi connectivity index (χ1v) is 7.94. The summed E-state index contributed by atoms with van der Waals surface area (Å²) in [6.07, 6.45) is 4.47. The second-order valence-corrected chi connectivity index (χ2v) is 5.96. The largest absolute Gasteiger partial charge is 0.455 e. The van der Waals surface area contributed by atoms with Gasteiger partial charge in [0.25, 0.3) is 5.91 Å². The summed E-state index contributed by atoms with van der Waals surface area (Å²) in [6, 6.07) is 5.61. The van der Waals surface area contributed by atoms with E-state index in [1.165, 1.54) is 7.05 Å². The molecule has 0 bridgehead atoms. The van der Waals surface area contributed by atoms with Crippen molar-refractivity contribution in [1.29, 1.82) is 0 Å². The average molecular weight is 319 g/mol. The molecule has 1 amide bonds. The van der Waals surface area contributed by atoms with Gasteiger partial charge < -0.3 is 19.5 Å². The molecule has 6 nitrogen and oxygen atoms in total. The number of amides is 1. The Morgan fingerprint density at radius 3 is 2.65 bits per heavy atom. The molecule has 1 heterocycles. The van der Waals surface area contributed by atoms with E-state index in [0.29, 0.717) is 11.5 Å². The van der Waals surface area contributed by atoms with Crippen molar-refractivity contribution >= 4 is 11.9 Å². The van der Waals surface area contributed by atoms with Gasteiger partial charge in [0.15, 0.2) is 18.1 Å². The maximum atomic E-state index is 12.8. The highest BCUT2D eigenvalue weighted by molar-refractivity contribution is 5.86. The fourth-order valence-corrected chi connectivity index (χ4v) is 3.30. The van der Waals surface area contributed by atoms with Crippen molar-refractivity contribution < 1.29 is 23.8 Å². The number of fused-ring (bicyclic) bond motifs is 1. The number of benzene rings is 1. The Morgan fingerprint density at radius 2 is 1.91 bits per heavy atom. The van der Waals surface area contributed by atoms with Crippen LogP contribution in [0.1, 0.15) is 37.7 Å². The van der Waals surface area contributed by atoms with Crippen LogP contribution in [0.2, 0.25) is 0 Å². The first-order valence-electron chi connectivity index (χ1n) is 7.94. The predicted molar refractivity (Wildman–Crippen MR) is 82.4 cm³/mol. The van der Waals surface area contributed by atoms with Crippen LogP contribution in [-0.4, -0.2) is 32.3 Å². The molecule has 23 heavy (non-hydrogen) atoms. The number of nitrogens with one attached hydrogen (secondary N) is 1. The maximum absolute atomic E-state index is 12.8. The van der Waals surface area contributed by atoms with E-state index >= 15 is 0 Å². The van der Waals surface area contributed by atoms with Gasteiger partial charge in [0, 0.05) is 7.05 Å². The number of rotatable bonds is 4. The molecule has 1 saturated carbocycles. The van der Waals surface area contributed by atoms with Gasteiger partial charge in [-0.25, -0.2) is 0 Å². The molecule has 2 aliphatic rings. The van der Waals surface area contributed by atoms with Gasteiger partial charge in [-0.1, -0.05) is 25.3 Å². The lowest BCUT2D eigenvalue weighted by molar-refractivity contribution is -0.155. The molecule has 1 N–H and O–H groups in total. The van der Waals surface area contributed by atoms with Crippen molar-refractivity contribution in [2.24, 2.45) is 0 Å². The van der Waals surface area contributed by atoms with Crippen molar-refractivity contribution in [2.45, 2.75) is 37.5 Å². The molecule has 0 atom stereocenters. The standard InChI is InChI=1S/C17H21NO5/c1-18-15(19)10-21-16(20)17(7-3-2-4-8-17)12-5-6-13-14(9-12)23-11-22-13/h5-6,9H,2-4,7-8,10-11H2,1H3,(H,18,19). The maximum Gasteiger partial charge on any atom is 0.317 e. The monoisotopic (exact) mass is 319 g/mol. The van der Waals surface area contributed by atoms with Gasteiger partial charge in [-0.05, 0) is 30.5 Å². The molecule has 1 aromatic rings. The summed E-state index contributed by atoms with van der Waals surface area (Å²) in [7, 11) is 1.52. The highest BCUT2D eigenvalue weighted by Gasteiger charge is 2.43. The number of hydrogen-bond acceptors (Lipinski definition) is 5. The second-order valence-electron chi connectivity index (χ2n) is 5.96. The van der Waals surface area contributed by atoms with E-state index in [-0.39, 0.29) is 25.3 Å². The second kappa shape index (κ2) is 6.48. The van der Waals surface area contributed by atoms with Gasteiger partial charge in [0.05, 0.1) is 5.41 Å². The lowest BCUT2D eigenvalue weighted by Crippen LogP contribution is -2.41. The summed E-state index contributed by atoms with van der Waals surface area (Å²) in [6.45, 7) is -0.0471. The average Bonchev–Trinajstić information content (AvgIpc) is 3.07. The minimum absolute atomic E-state index is 0.201. The Bertz CT molecular complexity index is 607. The van der Waals surface area contributed by atoms with Crippen LogP contribution in [-0.2, 0) is 19.7 Å². The highest BCUT2D eigenvalue weighted by Crippen LogP contribution is 2.44. The summed E-state index contributed by atoms with van der Waals surface area (Å²) in [5.41, 5.74) is 0.177. The van der Waals surface area contributed by atoms with Crippen molar-refractivity contribution in [3.63, 3.8) is 0 Å². The van der Waals surface area contributed by atoms with Gasteiger partial charge in [-0.2, -0.15) is 0 Å². The number of carbonyl (C=O) groups is 2. The molecule has 0 aromatic heterocycles. The Balaban J connectivity index is 1.87. The van der Waals surface area contributed by atoms with Gasteiger partial charge in [0.1, 0.15) is 0 Å². The summed E-state index contributed by atoms with van der Waals surface area (Å²) >= 11 is 0. The van der Waals surface area contributed by atoms with E-state index in [1.54, 1.807) is 0 Å². The molecule has 124 valence electrons. The van der Waals surface area contributed by atoms with E-state index in [0.717, 1.165) is 37.7 Å². The zero-order valence-corrected chi connectivity index (χ0v) is 13.2. The number of ether oxygens (including phenoxy) is 3. The SMILES string of the molecule is CNC(=O)COC(=O)C1(c2ccc3c(c2)OCO3)CCCCC1.